The molecule has 2 amide bonds. The van der Waals surface area contributed by atoms with Crippen LogP contribution in [0.15, 0.2) is 18.2 Å². The third kappa shape index (κ3) is 5.49. The summed E-state index contributed by atoms with van der Waals surface area (Å²) in [6, 6.07) is 5.18. The van der Waals surface area contributed by atoms with Gasteiger partial charge in [0.2, 0.25) is 0 Å². The molecule has 0 spiro atoms. The van der Waals surface area contributed by atoms with Crippen molar-refractivity contribution in [2.75, 3.05) is 44.7 Å². The van der Waals surface area contributed by atoms with Crippen LogP contribution in [0.1, 0.15) is 12.0 Å². The minimum absolute atomic E-state index is 0.491. The summed E-state index contributed by atoms with van der Waals surface area (Å²) in [6.45, 7) is 6.85. The molecule has 1 aromatic rings. The highest BCUT2D eigenvalue weighted by atomic mass is 35.5. The molecule has 0 aliphatic carbocycles. The van der Waals surface area contributed by atoms with Gasteiger partial charge in [0.15, 0.2) is 0 Å². The molecular weight excluding hydrogens is 318 g/mol. The lowest BCUT2D eigenvalue weighted by atomic mass is 10.2. The van der Waals surface area contributed by atoms with Crippen molar-refractivity contribution in [1.29, 1.82) is 0 Å². The van der Waals surface area contributed by atoms with Crippen LogP contribution in [-0.4, -0.2) is 51.2 Å². The van der Waals surface area contributed by atoms with Gasteiger partial charge in [-0.3, -0.25) is 9.59 Å². The summed E-state index contributed by atoms with van der Waals surface area (Å²) in [4.78, 5) is 25.2. The van der Waals surface area contributed by atoms with E-state index in [0.29, 0.717) is 17.3 Å². The highest BCUT2D eigenvalue weighted by Gasteiger charge is 2.16. The molecular formula is C16H23ClN3O3+. The Hall–Kier alpha value is -1.63. The van der Waals surface area contributed by atoms with Gasteiger partial charge in [0.25, 0.3) is 0 Å². The second-order valence-electron chi connectivity index (χ2n) is 5.59. The van der Waals surface area contributed by atoms with Gasteiger partial charge in [-0.2, -0.15) is 0 Å². The van der Waals surface area contributed by atoms with Crippen LogP contribution < -0.4 is 15.5 Å². The molecule has 0 unspecified atom stereocenters. The Morgan fingerprint density at radius 1 is 1.26 bits per heavy atom. The van der Waals surface area contributed by atoms with Gasteiger partial charge >= 0.3 is 11.8 Å². The Labute approximate surface area is 141 Å². The number of carbonyl (C=O) groups is 2. The van der Waals surface area contributed by atoms with Crippen molar-refractivity contribution in [3.05, 3.63) is 28.8 Å². The van der Waals surface area contributed by atoms with Crippen LogP contribution in [0.4, 0.5) is 5.69 Å². The molecule has 7 heteroatoms. The number of ether oxygens (including phenoxy) is 1. The van der Waals surface area contributed by atoms with E-state index in [1.165, 1.54) is 4.90 Å². The van der Waals surface area contributed by atoms with E-state index in [9.17, 15) is 9.59 Å². The molecule has 0 bridgehead atoms. The molecule has 1 fully saturated rings. The summed E-state index contributed by atoms with van der Waals surface area (Å²) in [5.74, 6) is -1.30. The van der Waals surface area contributed by atoms with Crippen molar-refractivity contribution in [3.8, 4) is 0 Å². The van der Waals surface area contributed by atoms with E-state index in [2.05, 4.69) is 10.6 Å². The molecule has 0 aromatic heterocycles. The third-order valence-corrected chi connectivity index (χ3v) is 4.32. The fourth-order valence-electron chi connectivity index (χ4n) is 2.45. The molecule has 1 aliphatic heterocycles. The van der Waals surface area contributed by atoms with Crippen molar-refractivity contribution in [2.24, 2.45) is 0 Å². The molecule has 1 heterocycles. The number of amides is 2. The average Bonchev–Trinajstić information content (AvgIpc) is 2.56. The maximum absolute atomic E-state index is 11.9. The summed E-state index contributed by atoms with van der Waals surface area (Å²) >= 11 is 5.99. The SMILES string of the molecule is Cc1c(Cl)cccc1NC(=O)C(=O)NCCC[NH+]1CCOCC1. The smallest absolute Gasteiger partial charge is 0.313 e. The quantitative estimate of drug-likeness (QED) is 0.522. The Morgan fingerprint density at radius 2 is 2.00 bits per heavy atom. The Morgan fingerprint density at radius 3 is 2.74 bits per heavy atom. The number of halogens is 1. The van der Waals surface area contributed by atoms with Gasteiger partial charge < -0.3 is 20.3 Å². The number of carbonyl (C=O) groups excluding carboxylic acids is 2. The number of quaternary nitrogens is 1. The Kier molecular flexibility index (Phi) is 6.83. The number of anilines is 1. The Balaban J connectivity index is 1.70. The maximum Gasteiger partial charge on any atom is 0.313 e. The predicted octanol–water partition coefficient (Wildman–Crippen LogP) is 0.00832. The average molecular weight is 341 g/mol. The standard InChI is InChI=1S/C16H22ClN3O3/c1-12-13(17)4-2-5-14(12)19-16(22)15(21)18-6-3-7-20-8-10-23-11-9-20/h2,4-5H,3,6-11H2,1H3,(H,18,21)(H,19,22)/p+1. The zero-order chi connectivity index (χ0) is 16.7. The lowest BCUT2D eigenvalue weighted by Crippen LogP contribution is -3.14. The molecule has 0 saturated carbocycles. The topological polar surface area (TPSA) is 71.9 Å². The van der Waals surface area contributed by atoms with Gasteiger partial charge in [0.05, 0.1) is 19.8 Å². The largest absolute Gasteiger partial charge is 0.370 e. The number of benzene rings is 1. The van der Waals surface area contributed by atoms with E-state index in [1.54, 1.807) is 25.1 Å². The van der Waals surface area contributed by atoms with Crippen molar-refractivity contribution in [3.63, 3.8) is 0 Å². The number of hydrogen-bond acceptors (Lipinski definition) is 3. The predicted molar refractivity (Wildman–Crippen MR) is 88.8 cm³/mol. The van der Waals surface area contributed by atoms with E-state index < -0.39 is 11.8 Å². The van der Waals surface area contributed by atoms with E-state index in [0.717, 1.165) is 44.8 Å². The third-order valence-electron chi connectivity index (χ3n) is 3.91. The highest BCUT2D eigenvalue weighted by Crippen LogP contribution is 2.22. The van der Waals surface area contributed by atoms with Crippen molar-refractivity contribution in [2.45, 2.75) is 13.3 Å². The molecule has 1 saturated heterocycles. The van der Waals surface area contributed by atoms with E-state index in [4.69, 9.17) is 16.3 Å². The molecule has 1 aromatic carbocycles. The van der Waals surface area contributed by atoms with E-state index in [-0.39, 0.29) is 0 Å². The summed E-state index contributed by atoms with van der Waals surface area (Å²) in [6.07, 6.45) is 0.838. The van der Waals surface area contributed by atoms with Crippen molar-refractivity contribution >= 4 is 29.1 Å². The monoisotopic (exact) mass is 340 g/mol. The van der Waals surface area contributed by atoms with Crippen molar-refractivity contribution < 1.29 is 19.2 Å². The fraction of sp³-hybridized carbons (Fsp3) is 0.500. The van der Waals surface area contributed by atoms with Crippen molar-refractivity contribution in [1.82, 2.24) is 5.32 Å². The lowest BCUT2D eigenvalue weighted by Gasteiger charge is -2.23. The number of nitrogens with one attached hydrogen (secondary N) is 3. The molecule has 3 N–H and O–H groups in total. The molecule has 1 aliphatic rings. The van der Waals surface area contributed by atoms with Crippen LogP contribution in [0, 0.1) is 6.92 Å². The minimum Gasteiger partial charge on any atom is -0.370 e. The second kappa shape index (κ2) is 8.86. The van der Waals surface area contributed by atoms with E-state index >= 15 is 0 Å². The summed E-state index contributed by atoms with van der Waals surface area (Å²) in [7, 11) is 0. The maximum atomic E-state index is 11.9. The first-order valence-corrected chi connectivity index (χ1v) is 8.21. The molecule has 0 atom stereocenters. The summed E-state index contributed by atoms with van der Waals surface area (Å²) < 4.78 is 5.30. The zero-order valence-electron chi connectivity index (χ0n) is 13.3. The van der Waals surface area contributed by atoms with Gasteiger partial charge in [-0.15, -0.1) is 0 Å². The van der Waals surface area contributed by atoms with Gasteiger partial charge in [-0.05, 0) is 24.6 Å². The fourth-order valence-corrected chi connectivity index (χ4v) is 2.63. The Bertz CT molecular complexity index is 560. The number of hydrogen-bond donors (Lipinski definition) is 3. The van der Waals surface area contributed by atoms with Crippen LogP contribution in [0.25, 0.3) is 0 Å². The van der Waals surface area contributed by atoms with Crippen LogP contribution >= 0.6 is 11.6 Å². The highest BCUT2D eigenvalue weighted by molar-refractivity contribution is 6.40. The first kappa shape index (κ1) is 17.7. The van der Waals surface area contributed by atoms with Gasteiger partial charge in [-0.1, -0.05) is 17.7 Å². The minimum atomic E-state index is -0.672. The molecule has 6 nitrogen and oxygen atoms in total. The summed E-state index contributed by atoms with van der Waals surface area (Å²) in [5.41, 5.74) is 1.29. The van der Waals surface area contributed by atoms with Crippen LogP contribution in [0.3, 0.4) is 0 Å². The van der Waals surface area contributed by atoms with Crippen LogP contribution in [0.5, 0.6) is 0 Å². The molecule has 2 rings (SSSR count). The molecule has 23 heavy (non-hydrogen) atoms. The van der Waals surface area contributed by atoms with Gasteiger partial charge in [-0.25, -0.2) is 0 Å². The first-order chi connectivity index (χ1) is 11.1. The number of rotatable bonds is 5. The summed E-state index contributed by atoms with van der Waals surface area (Å²) in [5, 5.41) is 5.78. The zero-order valence-corrected chi connectivity index (χ0v) is 14.0. The number of morpholine rings is 1. The van der Waals surface area contributed by atoms with Gasteiger partial charge in [0.1, 0.15) is 13.1 Å². The second-order valence-corrected chi connectivity index (χ2v) is 6.00. The lowest BCUT2D eigenvalue weighted by molar-refractivity contribution is -0.908. The first-order valence-electron chi connectivity index (χ1n) is 7.83. The normalized spacial score (nSPS) is 15.2. The van der Waals surface area contributed by atoms with Gasteiger partial charge in [0, 0.05) is 23.7 Å². The molecule has 0 radical (unpaired) electrons. The van der Waals surface area contributed by atoms with Crippen LogP contribution in [-0.2, 0) is 14.3 Å². The van der Waals surface area contributed by atoms with E-state index in [1.807, 2.05) is 0 Å². The van der Waals surface area contributed by atoms with Crippen LogP contribution in [0.2, 0.25) is 5.02 Å². The molecule has 126 valence electrons.